The average molecular weight is 386 g/mol. The Morgan fingerprint density at radius 2 is 1.76 bits per heavy atom. The van der Waals surface area contributed by atoms with Crippen molar-refractivity contribution >= 4 is 40.8 Å². The number of amides is 1. The fraction of sp³-hybridized carbons (Fsp3) is 0.579. The molecule has 4 nitrogen and oxygen atoms in total. The van der Waals surface area contributed by atoms with Gasteiger partial charge in [0.15, 0.2) is 6.61 Å². The molecule has 6 heteroatoms. The number of benzene rings is 1. The number of carbonyl (C=O) groups excluding carboxylic acids is 2. The SMILES string of the molecule is CC(C)(C)C1CCC(C(=O)OCC(=O)Nc2ccc(Cl)c(Cl)c2)CC1. The molecule has 1 aliphatic rings. The smallest absolute Gasteiger partial charge is 0.309 e. The van der Waals surface area contributed by atoms with Gasteiger partial charge < -0.3 is 10.1 Å². The predicted molar refractivity (Wildman–Crippen MR) is 101 cm³/mol. The van der Waals surface area contributed by atoms with Crippen molar-refractivity contribution < 1.29 is 14.3 Å². The molecule has 1 aliphatic carbocycles. The summed E-state index contributed by atoms with van der Waals surface area (Å²) in [6.45, 7) is 6.43. The zero-order valence-electron chi connectivity index (χ0n) is 14.9. The first-order valence-electron chi connectivity index (χ1n) is 8.58. The molecular weight excluding hydrogens is 361 g/mol. The van der Waals surface area contributed by atoms with Crippen LogP contribution in [-0.4, -0.2) is 18.5 Å². The average Bonchev–Trinajstić information content (AvgIpc) is 2.55. The van der Waals surface area contributed by atoms with E-state index in [2.05, 4.69) is 26.1 Å². The van der Waals surface area contributed by atoms with Crippen molar-refractivity contribution in [2.45, 2.75) is 46.5 Å². The van der Waals surface area contributed by atoms with Gasteiger partial charge >= 0.3 is 5.97 Å². The number of anilines is 1. The standard InChI is InChI=1S/C19H25Cl2NO3/c1-19(2,3)13-6-4-12(5-7-13)18(24)25-11-17(23)22-14-8-9-15(20)16(21)10-14/h8-10,12-13H,4-7,11H2,1-3H3,(H,22,23). The molecule has 1 N–H and O–H groups in total. The van der Waals surface area contributed by atoms with E-state index in [9.17, 15) is 9.59 Å². The van der Waals surface area contributed by atoms with Crippen molar-refractivity contribution in [2.24, 2.45) is 17.3 Å². The molecule has 0 saturated heterocycles. The van der Waals surface area contributed by atoms with Crippen LogP contribution < -0.4 is 5.32 Å². The normalized spacial score (nSPS) is 20.8. The van der Waals surface area contributed by atoms with Gasteiger partial charge in [-0.2, -0.15) is 0 Å². The Hall–Kier alpha value is -1.26. The highest BCUT2D eigenvalue weighted by molar-refractivity contribution is 6.42. The molecule has 138 valence electrons. The second-order valence-electron chi connectivity index (χ2n) is 7.70. The number of hydrogen-bond donors (Lipinski definition) is 1. The second-order valence-corrected chi connectivity index (χ2v) is 8.51. The number of hydrogen-bond acceptors (Lipinski definition) is 3. The summed E-state index contributed by atoms with van der Waals surface area (Å²) in [5, 5.41) is 3.40. The van der Waals surface area contributed by atoms with E-state index in [-0.39, 0.29) is 23.9 Å². The first-order chi connectivity index (χ1) is 11.7. The van der Waals surface area contributed by atoms with E-state index in [0.717, 1.165) is 25.7 Å². The van der Waals surface area contributed by atoms with Crippen LogP contribution in [0, 0.1) is 17.3 Å². The molecule has 0 heterocycles. The van der Waals surface area contributed by atoms with Crippen molar-refractivity contribution in [1.29, 1.82) is 0 Å². The molecule has 1 aromatic carbocycles. The van der Waals surface area contributed by atoms with Crippen molar-refractivity contribution in [3.8, 4) is 0 Å². The Labute approximate surface area is 159 Å². The molecule has 25 heavy (non-hydrogen) atoms. The van der Waals surface area contributed by atoms with Crippen molar-refractivity contribution in [3.63, 3.8) is 0 Å². The molecular formula is C19H25Cl2NO3. The molecule has 1 amide bonds. The van der Waals surface area contributed by atoms with Crippen LogP contribution in [0.25, 0.3) is 0 Å². The summed E-state index contributed by atoms with van der Waals surface area (Å²) >= 11 is 11.7. The Balaban J connectivity index is 1.76. The second kappa shape index (κ2) is 8.41. The summed E-state index contributed by atoms with van der Waals surface area (Å²) in [5.41, 5.74) is 0.787. The van der Waals surface area contributed by atoms with Gasteiger partial charge in [0.25, 0.3) is 5.91 Å². The van der Waals surface area contributed by atoms with E-state index in [1.807, 2.05) is 0 Å². The molecule has 0 unspecified atom stereocenters. The third-order valence-corrected chi connectivity index (χ3v) is 5.57. The van der Waals surface area contributed by atoms with Crippen LogP contribution >= 0.6 is 23.2 Å². The number of rotatable bonds is 4. The predicted octanol–water partition coefficient (Wildman–Crippen LogP) is 5.33. The maximum Gasteiger partial charge on any atom is 0.309 e. The van der Waals surface area contributed by atoms with Gasteiger partial charge in [-0.3, -0.25) is 9.59 Å². The maximum absolute atomic E-state index is 12.2. The van der Waals surface area contributed by atoms with E-state index in [1.54, 1.807) is 18.2 Å². The quantitative estimate of drug-likeness (QED) is 0.712. The van der Waals surface area contributed by atoms with Gasteiger partial charge in [0, 0.05) is 5.69 Å². The van der Waals surface area contributed by atoms with Gasteiger partial charge in [-0.05, 0) is 55.2 Å². The largest absolute Gasteiger partial charge is 0.455 e. The molecule has 1 fully saturated rings. The lowest BCUT2D eigenvalue weighted by Crippen LogP contribution is -2.31. The first kappa shape index (κ1) is 20.1. The zero-order valence-corrected chi connectivity index (χ0v) is 16.4. The molecule has 0 atom stereocenters. The molecule has 1 saturated carbocycles. The van der Waals surface area contributed by atoms with Crippen LogP contribution in [0.2, 0.25) is 10.0 Å². The first-order valence-corrected chi connectivity index (χ1v) is 9.34. The molecule has 2 rings (SSSR count). The molecule has 0 aliphatic heterocycles. The summed E-state index contributed by atoms with van der Waals surface area (Å²) in [4.78, 5) is 24.1. The monoisotopic (exact) mass is 385 g/mol. The molecule has 0 bridgehead atoms. The van der Waals surface area contributed by atoms with Crippen molar-refractivity contribution in [3.05, 3.63) is 28.2 Å². The third kappa shape index (κ3) is 5.89. The van der Waals surface area contributed by atoms with Crippen LogP contribution in [0.15, 0.2) is 18.2 Å². The summed E-state index contributed by atoms with van der Waals surface area (Å²) in [7, 11) is 0. The lowest BCUT2D eigenvalue weighted by Gasteiger charge is -2.36. The van der Waals surface area contributed by atoms with Crippen LogP contribution in [-0.2, 0) is 14.3 Å². The van der Waals surface area contributed by atoms with E-state index in [0.29, 0.717) is 21.7 Å². The fourth-order valence-electron chi connectivity index (χ4n) is 3.22. The number of halogens is 2. The lowest BCUT2D eigenvalue weighted by atomic mass is 9.70. The van der Waals surface area contributed by atoms with Gasteiger partial charge in [0.1, 0.15) is 0 Å². The maximum atomic E-state index is 12.2. The summed E-state index contributed by atoms with van der Waals surface area (Å²) < 4.78 is 5.18. The summed E-state index contributed by atoms with van der Waals surface area (Å²) in [6, 6.07) is 4.79. The highest BCUT2D eigenvalue weighted by Gasteiger charge is 2.33. The lowest BCUT2D eigenvalue weighted by molar-refractivity contribution is -0.153. The van der Waals surface area contributed by atoms with Crippen molar-refractivity contribution in [2.75, 3.05) is 11.9 Å². The Bertz CT molecular complexity index is 632. The summed E-state index contributed by atoms with van der Waals surface area (Å²) in [5.74, 6) is -0.141. The molecule has 1 aromatic rings. The number of ether oxygens (including phenoxy) is 1. The van der Waals surface area contributed by atoms with Gasteiger partial charge in [-0.25, -0.2) is 0 Å². The van der Waals surface area contributed by atoms with E-state index >= 15 is 0 Å². The number of esters is 1. The van der Waals surface area contributed by atoms with Crippen molar-refractivity contribution in [1.82, 2.24) is 0 Å². The van der Waals surface area contributed by atoms with Gasteiger partial charge in [-0.1, -0.05) is 44.0 Å². The van der Waals surface area contributed by atoms with Crippen LogP contribution in [0.5, 0.6) is 0 Å². The number of nitrogens with one attached hydrogen (secondary N) is 1. The van der Waals surface area contributed by atoms with E-state index < -0.39 is 5.91 Å². The minimum Gasteiger partial charge on any atom is -0.455 e. The van der Waals surface area contributed by atoms with Gasteiger partial charge in [0.2, 0.25) is 0 Å². The Morgan fingerprint density at radius 1 is 1.12 bits per heavy atom. The third-order valence-electron chi connectivity index (χ3n) is 4.83. The van der Waals surface area contributed by atoms with Gasteiger partial charge in [0.05, 0.1) is 16.0 Å². The minimum atomic E-state index is -0.393. The van der Waals surface area contributed by atoms with Crippen LogP contribution in [0.3, 0.4) is 0 Å². The highest BCUT2D eigenvalue weighted by Crippen LogP contribution is 2.40. The van der Waals surface area contributed by atoms with E-state index in [1.165, 1.54) is 0 Å². The van der Waals surface area contributed by atoms with E-state index in [4.69, 9.17) is 27.9 Å². The minimum absolute atomic E-state index is 0.101. The molecule has 0 aromatic heterocycles. The molecule has 0 radical (unpaired) electrons. The van der Waals surface area contributed by atoms with Crippen LogP contribution in [0.1, 0.15) is 46.5 Å². The molecule has 0 spiro atoms. The summed E-state index contributed by atoms with van der Waals surface area (Å²) in [6.07, 6.45) is 3.71. The number of carbonyl (C=O) groups is 2. The van der Waals surface area contributed by atoms with Gasteiger partial charge in [-0.15, -0.1) is 0 Å². The Kier molecular flexibility index (Phi) is 6.75. The Morgan fingerprint density at radius 3 is 2.32 bits per heavy atom. The highest BCUT2D eigenvalue weighted by atomic mass is 35.5. The fourth-order valence-corrected chi connectivity index (χ4v) is 3.52. The van der Waals surface area contributed by atoms with Crippen LogP contribution in [0.4, 0.5) is 5.69 Å². The topological polar surface area (TPSA) is 55.4 Å². The zero-order chi connectivity index (χ0) is 18.6.